The van der Waals surface area contributed by atoms with Gasteiger partial charge in [0.15, 0.2) is 0 Å². The lowest BCUT2D eigenvalue weighted by atomic mass is 10.3. The van der Waals surface area contributed by atoms with Crippen molar-refractivity contribution in [1.29, 1.82) is 0 Å². The molecule has 0 aliphatic heterocycles. The van der Waals surface area contributed by atoms with Crippen LogP contribution in [0.1, 0.15) is 19.3 Å². The fraction of sp³-hybridized carbons (Fsp3) is 1.00. The Bertz CT molecular complexity index is 348. The third-order valence-corrected chi connectivity index (χ3v) is 2.81. The van der Waals surface area contributed by atoms with Crippen LogP contribution in [0.15, 0.2) is 0 Å². The molecular weight excluding hydrogens is 236 g/mol. The van der Waals surface area contributed by atoms with Crippen molar-refractivity contribution in [2.75, 3.05) is 0 Å². The quantitative estimate of drug-likeness (QED) is 0.497. The van der Waals surface area contributed by atoms with E-state index in [2.05, 4.69) is 8.37 Å². The molecule has 0 aromatic carbocycles. The van der Waals surface area contributed by atoms with Crippen molar-refractivity contribution in [2.24, 2.45) is 0 Å². The Morgan fingerprint density at radius 2 is 1.79 bits per heavy atom. The van der Waals surface area contributed by atoms with Crippen molar-refractivity contribution >= 4 is 21.4 Å². The minimum Gasteiger partial charge on any atom is -0.269 e. The predicted octanol–water partition coefficient (Wildman–Crippen LogP) is -0.730. The van der Waals surface area contributed by atoms with Crippen LogP contribution in [-0.4, -0.2) is 33.6 Å². The maximum Gasteiger partial charge on any atom is 0.397 e. The van der Waals surface area contributed by atoms with Gasteiger partial charge in [-0.2, -0.15) is 8.42 Å². The Balaban J connectivity index is 2.42. The Kier molecular flexibility index (Phi) is 3.84. The minimum atomic E-state index is -4.47. The highest BCUT2D eigenvalue weighted by atomic mass is 32.3. The van der Waals surface area contributed by atoms with E-state index in [4.69, 9.17) is 4.55 Å². The summed E-state index contributed by atoms with van der Waals surface area (Å²) >= 11 is 0. The maximum absolute atomic E-state index is 10.3. The van der Waals surface area contributed by atoms with E-state index in [1.54, 1.807) is 0 Å². The second-order valence-electron chi connectivity index (χ2n) is 2.91. The van der Waals surface area contributed by atoms with Crippen LogP contribution in [0.2, 0.25) is 0 Å². The zero-order chi connectivity index (χ0) is 10.8. The van der Waals surface area contributed by atoms with Crippen molar-refractivity contribution in [3.05, 3.63) is 0 Å². The summed E-state index contributed by atoms with van der Waals surface area (Å²) in [7, 11) is -7.40. The van der Waals surface area contributed by atoms with Crippen LogP contribution in [0.5, 0.6) is 0 Å². The van der Waals surface area contributed by atoms with Crippen LogP contribution in [0.25, 0.3) is 0 Å². The first-order valence-electron chi connectivity index (χ1n) is 3.83. The molecule has 1 saturated carbocycles. The molecule has 0 spiro atoms. The topological polar surface area (TPSA) is 107 Å². The van der Waals surface area contributed by atoms with Crippen LogP contribution in [-0.2, 0) is 29.8 Å². The summed E-state index contributed by atoms with van der Waals surface area (Å²) in [5.74, 6) is 0. The van der Waals surface area contributed by atoms with Crippen LogP contribution < -0.4 is 0 Å². The van der Waals surface area contributed by atoms with Gasteiger partial charge in [0.05, 0.1) is 12.2 Å². The monoisotopic (exact) mass is 246 g/mol. The fourth-order valence-corrected chi connectivity index (χ4v) is 2.33. The molecule has 14 heavy (non-hydrogen) atoms. The minimum absolute atomic E-state index is 0.142. The van der Waals surface area contributed by atoms with E-state index < -0.39 is 33.6 Å². The summed E-state index contributed by atoms with van der Waals surface area (Å²) < 4.78 is 57.9. The lowest BCUT2D eigenvalue weighted by Crippen LogP contribution is -2.16. The van der Waals surface area contributed by atoms with Crippen LogP contribution in [0.3, 0.4) is 0 Å². The Labute approximate surface area is 83.1 Å². The average Bonchev–Trinajstić information content (AvgIpc) is 2.30. The molecule has 9 heteroatoms. The second kappa shape index (κ2) is 4.53. The van der Waals surface area contributed by atoms with Crippen LogP contribution in [0, 0.1) is 0 Å². The second-order valence-corrected chi connectivity index (χ2v) is 4.62. The zero-order valence-electron chi connectivity index (χ0n) is 7.03. The van der Waals surface area contributed by atoms with Crippen LogP contribution in [0.4, 0.5) is 0 Å². The molecule has 1 N–H and O–H groups in total. The highest BCUT2D eigenvalue weighted by Gasteiger charge is 2.29. The molecule has 1 rings (SSSR count). The largest absolute Gasteiger partial charge is 0.397 e. The molecule has 0 aromatic heterocycles. The van der Waals surface area contributed by atoms with Crippen molar-refractivity contribution in [1.82, 2.24) is 0 Å². The lowest BCUT2D eigenvalue weighted by Gasteiger charge is -2.07. The van der Waals surface area contributed by atoms with Crippen molar-refractivity contribution in [3.63, 3.8) is 0 Å². The van der Waals surface area contributed by atoms with Gasteiger partial charge in [-0.25, -0.2) is 12.6 Å². The smallest absolute Gasteiger partial charge is 0.269 e. The first-order chi connectivity index (χ1) is 6.37. The molecule has 0 saturated heterocycles. The van der Waals surface area contributed by atoms with Gasteiger partial charge in [0.25, 0.3) is 11.0 Å². The van der Waals surface area contributed by atoms with Gasteiger partial charge in [-0.05, 0) is 12.8 Å². The molecule has 2 atom stereocenters. The molecule has 0 heterocycles. The number of hydrogen-bond acceptors (Lipinski definition) is 6. The Morgan fingerprint density at radius 1 is 1.21 bits per heavy atom. The highest BCUT2D eigenvalue weighted by Crippen LogP contribution is 2.25. The normalized spacial score (nSPS) is 28.4. The maximum atomic E-state index is 10.3. The first kappa shape index (κ1) is 11.9. The van der Waals surface area contributed by atoms with Gasteiger partial charge in [-0.3, -0.25) is 8.74 Å². The summed E-state index contributed by atoms with van der Waals surface area (Å²) in [5.41, 5.74) is 0. The summed E-state index contributed by atoms with van der Waals surface area (Å²) in [6, 6.07) is 0. The van der Waals surface area contributed by atoms with E-state index in [0.29, 0.717) is 12.8 Å². The van der Waals surface area contributed by atoms with E-state index >= 15 is 0 Å². The molecular formula is C5H10O7S2. The van der Waals surface area contributed by atoms with Crippen molar-refractivity contribution in [2.45, 2.75) is 31.5 Å². The number of thiol groups is 1. The third-order valence-electron chi connectivity index (χ3n) is 1.83. The first-order valence-corrected chi connectivity index (χ1v) is 6.30. The molecule has 1 aliphatic carbocycles. The molecule has 0 amide bonds. The van der Waals surface area contributed by atoms with Crippen molar-refractivity contribution < 1.29 is 29.8 Å². The number of hydrogen-bond donors (Lipinski definition) is 2. The molecule has 84 valence electrons. The summed E-state index contributed by atoms with van der Waals surface area (Å²) in [6.45, 7) is 0. The van der Waals surface area contributed by atoms with Gasteiger partial charge in [0.2, 0.25) is 0 Å². The summed E-state index contributed by atoms with van der Waals surface area (Å²) in [5, 5.41) is 0. The fourth-order valence-electron chi connectivity index (χ4n) is 1.38. The average molecular weight is 246 g/mol. The predicted molar refractivity (Wildman–Crippen MR) is 45.5 cm³/mol. The molecule has 0 radical (unpaired) electrons. The van der Waals surface area contributed by atoms with E-state index in [1.165, 1.54) is 0 Å². The van der Waals surface area contributed by atoms with E-state index in [-0.39, 0.29) is 6.42 Å². The van der Waals surface area contributed by atoms with E-state index in [0.717, 1.165) is 0 Å². The molecule has 7 nitrogen and oxygen atoms in total. The van der Waals surface area contributed by atoms with Crippen molar-refractivity contribution in [3.8, 4) is 0 Å². The van der Waals surface area contributed by atoms with Gasteiger partial charge in [-0.15, -0.1) is 0 Å². The summed E-state index contributed by atoms with van der Waals surface area (Å²) in [4.78, 5) is 0. The Morgan fingerprint density at radius 3 is 2.29 bits per heavy atom. The molecule has 1 fully saturated rings. The lowest BCUT2D eigenvalue weighted by molar-refractivity contribution is 0.163. The molecule has 0 bridgehead atoms. The van der Waals surface area contributed by atoms with Gasteiger partial charge >= 0.3 is 10.4 Å². The SMILES string of the molecule is O=[SH](=O)OC1CCC(OS(=O)(=O)O)C1. The number of rotatable bonds is 4. The van der Waals surface area contributed by atoms with Gasteiger partial charge in [0, 0.05) is 6.42 Å². The molecule has 2 unspecified atom stereocenters. The third kappa shape index (κ3) is 4.33. The summed E-state index contributed by atoms with van der Waals surface area (Å²) in [6.07, 6.45) is -0.381. The van der Waals surface area contributed by atoms with E-state index in [1.807, 2.05) is 0 Å². The van der Waals surface area contributed by atoms with Gasteiger partial charge in [0.1, 0.15) is 0 Å². The van der Waals surface area contributed by atoms with Gasteiger partial charge in [-0.1, -0.05) is 0 Å². The van der Waals surface area contributed by atoms with Crippen LogP contribution >= 0.6 is 0 Å². The Hall–Kier alpha value is -0.220. The standard InChI is InChI=1S/C5H10O7S2/c6-13(7)11-4-1-2-5(3-4)12-14(8,9)10/h4-5,13H,1-3H2,(H,8,9,10). The zero-order valence-corrected chi connectivity index (χ0v) is 8.74. The molecule has 1 aliphatic rings. The molecule has 0 aromatic rings. The van der Waals surface area contributed by atoms with E-state index in [9.17, 15) is 16.8 Å². The highest BCUT2D eigenvalue weighted by molar-refractivity contribution is 7.80. The van der Waals surface area contributed by atoms with Gasteiger partial charge < -0.3 is 0 Å².